The third kappa shape index (κ3) is 2.33. The van der Waals surface area contributed by atoms with E-state index >= 15 is 0 Å². The number of hydrogen-bond donors (Lipinski definition) is 0. The zero-order chi connectivity index (χ0) is 15.1. The van der Waals surface area contributed by atoms with Crippen molar-refractivity contribution in [1.82, 2.24) is 4.90 Å². The number of nitrogens with zero attached hydrogens (tertiary/aromatic N) is 1. The van der Waals surface area contributed by atoms with Crippen LogP contribution in [0.15, 0.2) is 12.7 Å². The Balaban J connectivity index is 2.22. The lowest BCUT2D eigenvalue weighted by Gasteiger charge is -2.29. The first-order valence-electron chi connectivity index (χ1n) is 6.73. The summed E-state index contributed by atoms with van der Waals surface area (Å²) in [7, 11) is 0. The van der Waals surface area contributed by atoms with Gasteiger partial charge in [0.2, 0.25) is 0 Å². The first-order chi connectivity index (χ1) is 9.22. The summed E-state index contributed by atoms with van der Waals surface area (Å²) in [5.41, 5.74) is -1.94. The molecular formula is C14H21NO5. The number of imide groups is 1. The van der Waals surface area contributed by atoms with Crippen LogP contribution >= 0.6 is 0 Å². The van der Waals surface area contributed by atoms with E-state index in [1.165, 1.54) is 0 Å². The quantitative estimate of drug-likeness (QED) is 0.586. The van der Waals surface area contributed by atoms with Crippen molar-refractivity contribution in [3.8, 4) is 0 Å². The molecule has 112 valence electrons. The zero-order valence-corrected chi connectivity index (χ0v) is 12.3. The third-order valence-corrected chi connectivity index (χ3v) is 3.88. The van der Waals surface area contributed by atoms with Gasteiger partial charge in [0.1, 0.15) is 12.2 Å². The van der Waals surface area contributed by atoms with Crippen molar-refractivity contribution in [2.75, 3.05) is 6.61 Å². The number of hydrogen-bond acceptors (Lipinski definition) is 5. The minimum atomic E-state index is -1.21. The SMILES string of the molecule is C=C[C@@]1(C)C[C@](C)(C(=O)N2C(=O)OC[C@@H]2C(C)C)OO1. The smallest absolute Gasteiger partial charge is 0.417 e. The van der Waals surface area contributed by atoms with E-state index in [1.54, 1.807) is 19.9 Å². The van der Waals surface area contributed by atoms with Crippen LogP contribution in [0.5, 0.6) is 0 Å². The van der Waals surface area contributed by atoms with Gasteiger partial charge in [0.25, 0.3) is 5.91 Å². The first-order valence-corrected chi connectivity index (χ1v) is 6.73. The highest BCUT2D eigenvalue weighted by atomic mass is 17.2. The maximum absolute atomic E-state index is 12.7. The monoisotopic (exact) mass is 283 g/mol. The van der Waals surface area contributed by atoms with Crippen LogP contribution in [0.4, 0.5) is 4.79 Å². The standard InChI is InChI=1S/C14H21NO5/c1-6-13(4)8-14(5,20-19-13)11(16)15-10(9(2)3)7-18-12(15)17/h6,9-10H,1,7-8H2,2-5H3/t10-,13+,14-/m1/s1. The summed E-state index contributed by atoms with van der Waals surface area (Å²) in [4.78, 5) is 36.1. The highest BCUT2D eigenvalue weighted by Crippen LogP contribution is 2.39. The lowest BCUT2D eigenvalue weighted by atomic mass is 9.89. The molecule has 0 N–H and O–H groups in total. The average molecular weight is 283 g/mol. The van der Waals surface area contributed by atoms with E-state index < -0.39 is 23.2 Å². The summed E-state index contributed by atoms with van der Waals surface area (Å²) in [5.74, 6) is -0.314. The second kappa shape index (κ2) is 4.86. The molecule has 3 atom stereocenters. The number of cyclic esters (lactones) is 1. The number of rotatable bonds is 3. The van der Waals surface area contributed by atoms with Crippen molar-refractivity contribution in [2.24, 2.45) is 5.92 Å². The van der Waals surface area contributed by atoms with Crippen molar-refractivity contribution in [3.05, 3.63) is 12.7 Å². The molecule has 2 fully saturated rings. The van der Waals surface area contributed by atoms with E-state index in [4.69, 9.17) is 14.5 Å². The van der Waals surface area contributed by atoms with E-state index in [0.717, 1.165) is 4.90 Å². The van der Waals surface area contributed by atoms with Gasteiger partial charge < -0.3 is 4.74 Å². The Morgan fingerprint density at radius 3 is 2.60 bits per heavy atom. The summed E-state index contributed by atoms with van der Waals surface area (Å²) in [6.07, 6.45) is 1.27. The predicted molar refractivity (Wildman–Crippen MR) is 70.6 cm³/mol. The van der Waals surface area contributed by atoms with Crippen LogP contribution in [0.2, 0.25) is 0 Å². The van der Waals surface area contributed by atoms with Crippen molar-refractivity contribution in [3.63, 3.8) is 0 Å². The lowest BCUT2D eigenvalue weighted by Crippen LogP contribution is -2.52. The van der Waals surface area contributed by atoms with Gasteiger partial charge in [-0.1, -0.05) is 19.9 Å². The van der Waals surface area contributed by atoms with Crippen LogP contribution in [0.1, 0.15) is 34.1 Å². The van der Waals surface area contributed by atoms with Crippen LogP contribution in [0, 0.1) is 5.92 Å². The third-order valence-electron chi connectivity index (χ3n) is 3.88. The molecule has 20 heavy (non-hydrogen) atoms. The average Bonchev–Trinajstić information content (AvgIpc) is 2.91. The molecule has 2 saturated heterocycles. The fourth-order valence-corrected chi connectivity index (χ4v) is 2.55. The van der Waals surface area contributed by atoms with Crippen LogP contribution in [-0.2, 0) is 19.3 Å². The molecule has 0 unspecified atom stereocenters. The normalized spacial score (nSPS) is 37.4. The van der Waals surface area contributed by atoms with Gasteiger partial charge in [0, 0.05) is 6.42 Å². The molecule has 2 aliphatic heterocycles. The fraction of sp³-hybridized carbons (Fsp3) is 0.714. The fourth-order valence-electron chi connectivity index (χ4n) is 2.55. The summed E-state index contributed by atoms with van der Waals surface area (Å²) in [6, 6.07) is -0.272. The van der Waals surface area contributed by atoms with Gasteiger partial charge in [-0.05, 0) is 19.8 Å². The molecule has 0 spiro atoms. The topological polar surface area (TPSA) is 65.1 Å². The molecule has 0 saturated carbocycles. The van der Waals surface area contributed by atoms with Gasteiger partial charge in [-0.15, -0.1) is 6.58 Å². The Morgan fingerprint density at radius 1 is 1.45 bits per heavy atom. The number of ether oxygens (including phenoxy) is 1. The number of carbonyl (C=O) groups is 2. The molecule has 2 aliphatic rings. The molecule has 0 bridgehead atoms. The Labute approximate surface area is 118 Å². The van der Waals surface area contributed by atoms with E-state index in [9.17, 15) is 9.59 Å². The van der Waals surface area contributed by atoms with E-state index in [2.05, 4.69) is 6.58 Å². The summed E-state index contributed by atoms with van der Waals surface area (Å²) in [5, 5.41) is 0. The van der Waals surface area contributed by atoms with E-state index in [1.807, 2.05) is 13.8 Å². The largest absolute Gasteiger partial charge is 0.447 e. The Kier molecular flexibility index (Phi) is 3.64. The minimum absolute atomic E-state index is 0.113. The molecule has 0 aromatic carbocycles. The number of carbonyl (C=O) groups excluding carboxylic acids is 2. The summed E-state index contributed by atoms with van der Waals surface area (Å²) in [6.45, 7) is 11.2. The number of amides is 2. The molecule has 6 heteroatoms. The van der Waals surface area contributed by atoms with Gasteiger partial charge in [0.05, 0.1) is 6.04 Å². The minimum Gasteiger partial charge on any atom is -0.447 e. The van der Waals surface area contributed by atoms with Gasteiger partial charge >= 0.3 is 6.09 Å². The van der Waals surface area contributed by atoms with Crippen molar-refractivity contribution < 1.29 is 24.1 Å². The molecular weight excluding hydrogens is 262 g/mol. The highest BCUT2D eigenvalue weighted by Gasteiger charge is 2.55. The van der Waals surface area contributed by atoms with Crippen molar-refractivity contribution in [1.29, 1.82) is 0 Å². The molecule has 0 aromatic rings. The highest BCUT2D eigenvalue weighted by molar-refractivity contribution is 5.98. The zero-order valence-electron chi connectivity index (χ0n) is 12.3. The molecule has 0 radical (unpaired) electrons. The van der Waals surface area contributed by atoms with Gasteiger partial charge in [-0.25, -0.2) is 19.5 Å². The molecule has 6 nitrogen and oxygen atoms in total. The molecule has 0 aromatic heterocycles. The maximum Gasteiger partial charge on any atom is 0.417 e. The van der Waals surface area contributed by atoms with Crippen LogP contribution in [0.25, 0.3) is 0 Å². The Bertz CT molecular complexity index is 449. The van der Waals surface area contributed by atoms with Gasteiger partial charge in [0.15, 0.2) is 5.60 Å². The second-order valence-electron chi connectivity index (χ2n) is 6.15. The van der Waals surface area contributed by atoms with E-state index in [-0.39, 0.29) is 18.6 Å². The first kappa shape index (κ1) is 15.0. The van der Waals surface area contributed by atoms with Crippen LogP contribution in [-0.4, -0.2) is 40.8 Å². The summed E-state index contributed by atoms with van der Waals surface area (Å²) < 4.78 is 4.99. The van der Waals surface area contributed by atoms with Crippen LogP contribution in [0.3, 0.4) is 0 Å². The molecule has 2 heterocycles. The van der Waals surface area contributed by atoms with E-state index in [0.29, 0.717) is 6.42 Å². The molecule has 2 rings (SSSR count). The predicted octanol–water partition coefficient (Wildman–Crippen LogP) is 2.05. The molecule has 2 amide bonds. The maximum atomic E-state index is 12.7. The summed E-state index contributed by atoms with van der Waals surface area (Å²) >= 11 is 0. The lowest BCUT2D eigenvalue weighted by molar-refractivity contribution is -0.329. The van der Waals surface area contributed by atoms with Gasteiger partial charge in [-0.2, -0.15) is 0 Å². The van der Waals surface area contributed by atoms with Crippen molar-refractivity contribution >= 4 is 12.0 Å². The Morgan fingerprint density at radius 2 is 2.10 bits per heavy atom. The van der Waals surface area contributed by atoms with Gasteiger partial charge in [-0.3, -0.25) is 4.79 Å². The molecule has 0 aliphatic carbocycles. The Hall–Kier alpha value is -1.40. The van der Waals surface area contributed by atoms with Crippen LogP contribution < -0.4 is 0 Å². The second-order valence-corrected chi connectivity index (χ2v) is 6.15. The van der Waals surface area contributed by atoms with Crippen molar-refractivity contribution in [2.45, 2.75) is 51.4 Å².